The van der Waals surface area contributed by atoms with Crippen LogP contribution in [0, 0.1) is 5.82 Å². The van der Waals surface area contributed by atoms with Gasteiger partial charge in [0, 0.05) is 34.6 Å². The SMILES string of the molecule is C[S+]([O-])c1ccc(-c2nc(-c3ccc(F)cc3)oc2Br)cn1. The van der Waals surface area contributed by atoms with Gasteiger partial charge in [-0.1, -0.05) is 0 Å². The Labute approximate surface area is 137 Å². The van der Waals surface area contributed by atoms with Crippen molar-refractivity contribution >= 4 is 27.1 Å². The van der Waals surface area contributed by atoms with E-state index in [1.165, 1.54) is 12.1 Å². The fourth-order valence-electron chi connectivity index (χ4n) is 1.89. The molecule has 0 bridgehead atoms. The Balaban J connectivity index is 1.96. The number of halogens is 2. The smallest absolute Gasteiger partial charge is 0.244 e. The van der Waals surface area contributed by atoms with Crippen molar-refractivity contribution in [3.63, 3.8) is 0 Å². The molecule has 4 nitrogen and oxygen atoms in total. The lowest BCUT2D eigenvalue weighted by atomic mass is 10.2. The molecule has 0 saturated heterocycles. The second-order valence-electron chi connectivity index (χ2n) is 4.49. The number of hydrogen-bond acceptors (Lipinski definition) is 4. The van der Waals surface area contributed by atoms with Crippen LogP contribution < -0.4 is 0 Å². The molecule has 2 aromatic heterocycles. The monoisotopic (exact) mass is 380 g/mol. The Kier molecular flexibility index (Phi) is 4.28. The largest absolute Gasteiger partial charge is 0.610 e. The molecule has 2 heterocycles. The van der Waals surface area contributed by atoms with E-state index in [-0.39, 0.29) is 5.82 Å². The molecule has 22 heavy (non-hydrogen) atoms. The molecular weight excluding hydrogens is 371 g/mol. The summed E-state index contributed by atoms with van der Waals surface area (Å²) < 4.78 is 30.3. The van der Waals surface area contributed by atoms with Crippen molar-refractivity contribution in [2.75, 3.05) is 6.26 Å². The van der Waals surface area contributed by atoms with E-state index in [1.807, 2.05) is 0 Å². The zero-order chi connectivity index (χ0) is 15.7. The molecule has 112 valence electrons. The van der Waals surface area contributed by atoms with Gasteiger partial charge in [-0.3, -0.25) is 0 Å². The van der Waals surface area contributed by atoms with Gasteiger partial charge in [0.05, 0.1) is 0 Å². The molecule has 0 aliphatic heterocycles. The van der Waals surface area contributed by atoms with E-state index in [9.17, 15) is 8.94 Å². The standard InChI is InChI=1S/C15H10BrFN2O2S/c1-22(20)12-7-4-10(8-18-12)13-14(16)21-15(19-13)9-2-5-11(17)6-3-9/h2-8H,1H3. The summed E-state index contributed by atoms with van der Waals surface area (Å²) in [5.74, 6) is 0.0620. The number of hydrogen-bond donors (Lipinski definition) is 0. The minimum absolute atomic E-state index is 0.318. The molecule has 0 radical (unpaired) electrons. The molecule has 0 spiro atoms. The van der Waals surface area contributed by atoms with Gasteiger partial charge in [-0.25, -0.2) is 14.4 Å². The summed E-state index contributed by atoms with van der Waals surface area (Å²) in [4.78, 5) is 8.54. The fourth-order valence-corrected chi connectivity index (χ4v) is 2.82. The third kappa shape index (κ3) is 3.06. The molecule has 0 saturated carbocycles. The van der Waals surface area contributed by atoms with Gasteiger partial charge in [-0.15, -0.1) is 0 Å². The van der Waals surface area contributed by atoms with E-state index in [0.29, 0.717) is 26.8 Å². The number of rotatable bonds is 3. The van der Waals surface area contributed by atoms with Crippen LogP contribution in [0.15, 0.2) is 56.7 Å². The normalized spacial score (nSPS) is 12.4. The highest BCUT2D eigenvalue weighted by Crippen LogP contribution is 2.32. The summed E-state index contributed by atoms with van der Waals surface area (Å²) in [7, 11) is 0. The summed E-state index contributed by atoms with van der Waals surface area (Å²) in [6.07, 6.45) is 3.16. The van der Waals surface area contributed by atoms with E-state index in [2.05, 4.69) is 25.9 Å². The van der Waals surface area contributed by atoms with Crippen LogP contribution in [0.5, 0.6) is 0 Å². The van der Waals surface area contributed by atoms with E-state index in [1.54, 1.807) is 36.7 Å². The van der Waals surface area contributed by atoms with Crippen LogP contribution in [0.1, 0.15) is 0 Å². The average Bonchev–Trinajstić information content (AvgIpc) is 2.90. The van der Waals surface area contributed by atoms with E-state index in [0.717, 1.165) is 5.56 Å². The third-order valence-electron chi connectivity index (χ3n) is 2.98. The van der Waals surface area contributed by atoms with Crippen LogP contribution in [0.2, 0.25) is 0 Å². The van der Waals surface area contributed by atoms with Crippen molar-refractivity contribution in [2.45, 2.75) is 5.03 Å². The maximum absolute atomic E-state index is 13.0. The van der Waals surface area contributed by atoms with Crippen LogP contribution in [0.3, 0.4) is 0 Å². The van der Waals surface area contributed by atoms with Crippen LogP contribution >= 0.6 is 15.9 Å². The summed E-state index contributed by atoms with van der Waals surface area (Å²) in [6, 6.07) is 9.35. The number of benzene rings is 1. The molecule has 0 aliphatic carbocycles. The van der Waals surface area contributed by atoms with Crippen molar-refractivity contribution in [3.8, 4) is 22.7 Å². The first-order valence-electron chi connectivity index (χ1n) is 6.26. The molecule has 0 aliphatic rings. The zero-order valence-corrected chi connectivity index (χ0v) is 13.8. The second-order valence-corrected chi connectivity index (χ2v) is 6.53. The Bertz CT molecular complexity index is 788. The van der Waals surface area contributed by atoms with E-state index >= 15 is 0 Å². The van der Waals surface area contributed by atoms with Crippen molar-refractivity contribution in [2.24, 2.45) is 0 Å². The summed E-state index contributed by atoms with van der Waals surface area (Å²) in [5, 5.41) is 0.502. The molecule has 0 N–H and O–H groups in total. The van der Waals surface area contributed by atoms with E-state index < -0.39 is 11.2 Å². The van der Waals surface area contributed by atoms with Crippen molar-refractivity contribution < 1.29 is 13.4 Å². The Morgan fingerprint density at radius 1 is 1.14 bits per heavy atom. The minimum atomic E-state index is -1.13. The second kappa shape index (κ2) is 6.20. The molecule has 0 fully saturated rings. The first kappa shape index (κ1) is 15.2. The van der Waals surface area contributed by atoms with Gasteiger partial charge in [-0.05, 0) is 46.3 Å². The highest BCUT2D eigenvalue weighted by atomic mass is 79.9. The third-order valence-corrected chi connectivity index (χ3v) is 4.35. The number of aromatic nitrogens is 2. The Hall–Kier alpha value is -1.70. The van der Waals surface area contributed by atoms with Gasteiger partial charge in [-0.2, -0.15) is 0 Å². The Morgan fingerprint density at radius 2 is 1.82 bits per heavy atom. The fraction of sp³-hybridized carbons (Fsp3) is 0.0667. The predicted molar refractivity (Wildman–Crippen MR) is 85.2 cm³/mol. The number of pyridine rings is 1. The van der Waals surface area contributed by atoms with Gasteiger partial charge in [0.25, 0.3) is 0 Å². The predicted octanol–water partition coefficient (Wildman–Crippen LogP) is 4.04. The number of oxazole rings is 1. The van der Waals surface area contributed by atoms with Gasteiger partial charge >= 0.3 is 0 Å². The lowest BCUT2D eigenvalue weighted by molar-refractivity contribution is 0.549. The van der Waals surface area contributed by atoms with Gasteiger partial charge in [0.2, 0.25) is 10.9 Å². The van der Waals surface area contributed by atoms with Crippen LogP contribution in [-0.2, 0) is 11.2 Å². The van der Waals surface area contributed by atoms with Gasteiger partial charge in [0.15, 0.2) is 4.67 Å². The van der Waals surface area contributed by atoms with Crippen LogP contribution in [-0.4, -0.2) is 20.8 Å². The quantitative estimate of drug-likeness (QED) is 0.643. The average molecular weight is 381 g/mol. The molecule has 1 atom stereocenters. The first-order chi connectivity index (χ1) is 10.5. The van der Waals surface area contributed by atoms with Gasteiger partial charge in [0.1, 0.15) is 17.8 Å². The molecule has 3 rings (SSSR count). The maximum Gasteiger partial charge on any atom is 0.244 e. The molecule has 3 aromatic rings. The molecule has 1 aromatic carbocycles. The zero-order valence-electron chi connectivity index (χ0n) is 11.4. The lowest BCUT2D eigenvalue weighted by Gasteiger charge is -2.02. The van der Waals surface area contributed by atoms with Crippen molar-refractivity contribution in [3.05, 3.63) is 53.1 Å². The summed E-state index contributed by atoms with van der Waals surface area (Å²) >= 11 is 2.19. The highest BCUT2D eigenvalue weighted by Gasteiger charge is 2.16. The van der Waals surface area contributed by atoms with Crippen molar-refractivity contribution in [1.29, 1.82) is 0 Å². The minimum Gasteiger partial charge on any atom is -0.610 e. The highest BCUT2D eigenvalue weighted by molar-refractivity contribution is 9.10. The van der Waals surface area contributed by atoms with Crippen LogP contribution in [0.25, 0.3) is 22.7 Å². The Morgan fingerprint density at radius 3 is 2.41 bits per heavy atom. The van der Waals surface area contributed by atoms with Crippen LogP contribution in [0.4, 0.5) is 4.39 Å². The lowest BCUT2D eigenvalue weighted by Crippen LogP contribution is -1.99. The van der Waals surface area contributed by atoms with Gasteiger partial charge < -0.3 is 8.97 Å². The van der Waals surface area contributed by atoms with E-state index in [4.69, 9.17) is 4.42 Å². The number of nitrogens with zero attached hydrogens (tertiary/aromatic N) is 2. The topological polar surface area (TPSA) is 62.0 Å². The molecular formula is C15H10BrFN2O2S. The summed E-state index contributed by atoms with van der Waals surface area (Å²) in [5.41, 5.74) is 1.99. The van der Waals surface area contributed by atoms with Crippen molar-refractivity contribution in [1.82, 2.24) is 9.97 Å². The molecule has 0 amide bonds. The summed E-state index contributed by atoms with van der Waals surface area (Å²) in [6.45, 7) is 0. The first-order valence-corrected chi connectivity index (χ1v) is 8.62. The molecule has 7 heteroatoms. The molecule has 1 unspecified atom stereocenters. The maximum atomic E-state index is 13.0.